The Labute approximate surface area is 119 Å². The van der Waals surface area contributed by atoms with Gasteiger partial charge < -0.3 is 5.32 Å². The molecular weight excluding hydrogens is 253 g/mol. The lowest BCUT2D eigenvalue weighted by Gasteiger charge is -2.09. The Morgan fingerprint density at radius 2 is 1.95 bits per heavy atom. The van der Waals surface area contributed by atoms with E-state index < -0.39 is 0 Å². The molecule has 2 rings (SSSR count). The first kappa shape index (κ1) is 14.7. The molecule has 0 saturated carbocycles. The summed E-state index contributed by atoms with van der Waals surface area (Å²) in [5.41, 5.74) is 4.92. The summed E-state index contributed by atoms with van der Waals surface area (Å²) in [6.07, 6.45) is 1.07. The van der Waals surface area contributed by atoms with Crippen molar-refractivity contribution in [2.45, 2.75) is 40.7 Å². The summed E-state index contributed by atoms with van der Waals surface area (Å²) in [6, 6.07) is 5.09. The second-order valence-electron chi connectivity index (χ2n) is 5.20. The van der Waals surface area contributed by atoms with Gasteiger partial charge in [-0.15, -0.1) is 0 Å². The van der Waals surface area contributed by atoms with Crippen molar-refractivity contribution < 1.29 is 4.39 Å². The number of halogens is 1. The van der Waals surface area contributed by atoms with Gasteiger partial charge in [-0.1, -0.05) is 6.92 Å². The Hall–Kier alpha value is -1.68. The first-order valence-electron chi connectivity index (χ1n) is 7.06. The Morgan fingerprint density at radius 1 is 1.20 bits per heavy atom. The van der Waals surface area contributed by atoms with Gasteiger partial charge in [0, 0.05) is 12.2 Å². The molecule has 0 amide bonds. The summed E-state index contributed by atoms with van der Waals surface area (Å²) in [5.74, 6) is -0.221. The average molecular weight is 275 g/mol. The van der Waals surface area contributed by atoms with Crippen molar-refractivity contribution >= 4 is 0 Å². The molecule has 1 aromatic carbocycles. The number of hydrogen-bond donors (Lipinski definition) is 1. The van der Waals surface area contributed by atoms with Gasteiger partial charge in [0.2, 0.25) is 0 Å². The second kappa shape index (κ2) is 6.18. The van der Waals surface area contributed by atoms with Crippen LogP contribution in [0.25, 0.3) is 5.69 Å². The quantitative estimate of drug-likeness (QED) is 0.847. The van der Waals surface area contributed by atoms with Crippen LogP contribution in [-0.4, -0.2) is 16.3 Å². The molecule has 1 heterocycles. The lowest BCUT2D eigenvalue weighted by Crippen LogP contribution is -2.14. The molecule has 0 atom stereocenters. The number of benzene rings is 1. The largest absolute Gasteiger partial charge is 0.313 e. The smallest absolute Gasteiger partial charge is 0.125 e. The maximum absolute atomic E-state index is 13.8. The van der Waals surface area contributed by atoms with Crippen LogP contribution in [0.4, 0.5) is 4.39 Å². The topological polar surface area (TPSA) is 29.9 Å². The van der Waals surface area contributed by atoms with Gasteiger partial charge in [-0.2, -0.15) is 5.10 Å². The molecule has 0 spiro atoms. The van der Waals surface area contributed by atoms with E-state index in [1.165, 1.54) is 6.07 Å². The molecule has 4 heteroatoms. The monoisotopic (exact) mass is 275 g/mol. The van der Waals surface area contributed by atoms with Crippen LogP contribution in [0, 0.1) is 26.6 Å². The van der Waals surface area contributed by atoms with Crippen LogP contribution in [0.2, 0.25) is 0 Å². The molecule has 0 aliphatic rings. The number of nitrogens with one attached hydrogen (secondary N) is 1. The fraction of sp³-hybridized carbons (Fsp3) is 0.438. The Bertz CT molecular complexity index is 602. The van der Waals surface area contributed by atoms with E-state index in [4.69, 9.17) is 0 Å². The predicted molar refractivity (Wildman–Crippen MR) is 79.7 cm³/mol. The van der Waals surface area contributed by atoms with Gasteiger partial charge in [0.1, 0.15) is 5.82 Å². The Balaban J connectivity index is 2.34. The van der Waals surface area contributed by atoms with Gasteiger partial charge in [0.25, 0.3) is 0 Å². The van der Waals surface area contributed by atoms with Crippen LogP contribution in [0.1, 0.15) is 35.9 Å². The van der Waals surface area contributed by atoms with Crippen molar-refractivity contribution in [3.8, 4) is 5.69 Å². The van der Waals surface area contributed by atoms with Crippen LogP contribution in [0.3, 0.4) is 0 Å². The molecule has 20 heavy (non-hydrogen) atoms. The van der Waals surface area contributed by atoms with Crippen molar-refractivity contribution in [3.05, 3.63) is 46.5 Å². The van der Waals surface area contributed by atoms with Crippen molar-refractivity contribution in [3.63, 3.8) is 0 Å². The molecule has 0 aliphatic heterocycles. The molecule has 2 aromatic rings. The highest BCUT2D eigenvalue weighted by atomic mass is 19.1. The molecule has 0 saturated heterocycles. The normalized spacial score (nSPS) is 11.1. The molecule has 108 valence electrons. The van der Waals surface area contributed by atoms with E-state index in [0.29, 0.717) is 6.54 Å². The molecular formula is C16H22FN3. The minimum atomic E-state index is -0.221. The van der Waals surface area contributed by atoms with Gasteiger partial charge in [-0.05, 0) is 63.1 Å². The van der Waals surface area contributed by atoms with E-state index in [-0.39, 0.29) is 5.82 Å². The highest BCUT2D eigenvalue weighted by Gasteiger charge is 2.10. The maximum Gasteiger partial charge on any atom is 0.125 e. The van der Waals surface area contributed by atoms with Gasteiger partial charge in [-0.3, -0.25) is 0 Å². The van der Waals surface area contributed by atoms with Gasteiger partial charge in [0.15, 0.2) is 0 Å². The molecule has 0 unspecified atom stereocenters. The van der Waals surface area contributed by atoms with Crippen LogP contribution >= 0.6 is 0 Å². The maximum atomic E-state index is 13.8. The minimum absolute atomic E-state index is 0.221. The number of rotatable bonds is 5. The van der Waals surface area contributed by atoms with Crippen molar-refractivity contribution in [2.75, 3.05) is 6.54 Å². The number of aryl methyl sites for hydroxylation is 1. The highest BCUT2D eigenvalue weighted by Crippen LogP contribution is 2.19. The average Bonchev–Trinajstić information content (AvgIpc) is 2.66. The molecule has 1 N–H and O–H groups in total. The summed E-state index contributed by atoms with van der Waals surface area (Å²) < 4.78 is 15.6. The van der Waals surface area contributed by atoms with Gasteiger partial charge >= 0.3 is 0 Å². The van der Waals surface area contributed by atoms with Crippen LogP contribution in [-0.2, 0) is 6.54 Å². The second-order valence-corrected chi connectivity index (χ2v) is 5.20. The minimum Gasteiger partial charge on any atom is -0.313 e. The zero-order valence-corrected chi connectivity index (χ0v) is 12.6. The predicted octanol–water partition coefficient (Wildman–Crippen LogP) is 3.44. The van der Waals surface area contributed by atoms with Gasteiger partial charge in [0.05, 0.1) is 11.4 Å². The molecule has 0 bridgehead atoms. The third-order valence-corrected chi connectivity index (χ3v) is 3.60. The van der Waals surface area contributed by atoms with Crippen molar-refractivity contribution in [1.29, 1.82) is 0 Å². The fourth-order valence-corrected chi connectivity index (χ4v) is 2.24. The standard InChI is InChI=1S/C16H22FN3/c1-5-6-18-10-14-7-15(17)9-16(8-14)20-13(4)11(2)12(3)19-20/h7-9,18H,5-6,10H2,1-4H3. The fourth-order valence-electron chi connectivity index (χ4n) is 2.24. The lowest BCUT2D eigenvalue weighted by atomic mass is 10.1. The van der Waals surface area contributed by atoms with Crippen molar-refractivity contribution in [1.82, 2.24) is 15.1 Å². The third-order valence-electron chi connectivity index (χ3n) is 3.60. The highest BCUT2D eigenvalue weighted by molar-refractivity contribution is 5.39. The van der Waals surface area contributed by atoms with E-state index >= 15 is 0 Å². The van der Waals surface area contributed by atoms with Crippen LogP contribution in [0.15, 0.2) is 18.2 Å². The Kier molecular flexibility index (Phi) is 4.55. The van der Waals surface area contributed by atoms with E-state index in [1.807, 2.05) is 31.5 Å². The molecule has 3 nitrogen and oxygen atoms in total. The van der Waals surface area contributed by atoms with Crippen LogP contribution < -0.4 is 5.32 Å². The number of aromatic nitrogens is 2. The summed E-state index contributed by atoms with van der Waals surface area (Å²) in [6.45, 7) is 9.75. The summed E-state index contributed by atoms with van der Waals surface area (Å²) in [4.78, 5) is 0. The SMILES string of the molecule is CCCNCc1cc(F)cc(-n2nc(C)c(C)c2C)c1. The molecule has 0 aliphatic carbocycles. The van der Waals surface area contributed by atoms with E-state index in [2.05, 4.69) is 17.3 Å². The van der Waals surface area contributed by atoms with E-state index in [0.717, 1.165) is 41.2 Å². The first-order valence-corrected chi connectivity index (χ1v) is 7.06. The van der Waals surface area contributed by atoms with E-state index in [1.54, 1.807) is 6.07 Å². The molecule has 0 radical (unpaired) electrons. The zero-order valence-electron chi connectivity index (χ0n) is 12.6. The zero-order chi connectivity index (χ0) is 14.7. The number of nitrogens with zero attached hydrogens (tertiary/aromatic N) is 2. The van der Waals surface area contributed by atoms with Crippen molar-refractivity contribution in [2.24, 2.45) is 0 Å². The Morgan fingerprint density at radius 3 is 2.55 bits per heavy atom. The molecule has 0 fully saturated rings. The summed E-state index contributed by atoms with van der Waals surface area (Å²) in [5, 5.41) is 7.78. The van der Waals surface area contributed by atoms with Crippen LogP contribution in [0.5, 0.6) is 0 Å². The lowest BCUT2D eigenvalue weighted by molar-refractivity contribution is 0.616. The third kappa shape index (κ3) is 3.07. The first-order chi connectivity index (χ1) is 9.52. The van der Waals surface area contributed by atoms with Gasteiger partial charge in [-0.25, -0.2) is 9.07 Å². The number of hydrogen-bond acceptors (Lipinski definition) is 2. The summed E-state index contributed by atoms with van der Waals surface area (Å²) >= 11 is 0. The summed E-state index contributed by atoms with van der Waals surface area (Å²) in [7, 11) is 0. The van der Waals surface area contributed by atoms with E-state index in [9.17, 15) is 4.39 Å². The molecule has 1 aromatic heterocycles.